The summed E-state index contributed by atoms with van der Waals surface area (Å²) in [4.78, 5) is 10.9. The van der Waals surface area contributed by atoms with Gasteiger partial charge in [0.15, 0.2) is 0 Å². The number of ether oxygens (including phenoxy) is 2. The number of esters is 1. The van der Waals surface area contributed by atoms with Crippen molar-refractivity contribution in [1.82, 2.24) is 0 Å². The summed E-state index contributed by atoms with van der Waals surface area (Å²) in [6.07, 6.45) is 0. The Bertz CT molecular complexity index is 443. The predicted molar refractivity (Wildman–Crippen MR) is 70.0 cm³/mol. The highest BCUT2D eigenvalue weighted by atomic mass is 79.9. The molecule has 0 unspecified atom stereocenters. The number of anilines is 1. The number of halogens is 3. The Hall–Kier alpha value is -1.21. The second-order valence-corrected chi connectivity index (χ2v) is 4.38. The first-order valence-electron chi connectivity index (χ1n) is 5.66. The van der Waals surface area contributed by atoms with Crippen molar-refractivity contribution in [3.8, 4) is 0 Å². The molecule has 0 spiro atoms. The molecule has 0 aliphatic rings. The van der Waals surface area contributed by atoms with Crippen molar-refractivity contribution in [2.24, 2.45) is 0 Å². The molecule has 0 aliphatic heterocycles. The zero-order valence-corrected chi connectivity index (χ0v) is 11.9. The van der Waals surface area contributed by atoms with Crippen LogP contribution in [0.25, 0.3) is 0 Å². The van der Waals surface area contributed by atoms with Crippen LogP contribution in [0.15, 0.2) is 16.6 Å². The van der Waals surface area contributed by atoms with Crippen molar-refractivity contribution < 1.29 is 23.0 Å². The molecule has 0 aliphatic carbocycles. The molecular weight excluding hydrogens is 324 g/mol. The minimum absolute atomic E-state index is 0.148. The van der Waals surface area contributed by atoms with E-state index in [1.54, 1.807) is 6.92 Å². The average Bonchev–Trinajstić information content (AvgIpc) is 2.35. The fraction of sp³-hybridized carbons (Fsp3) is 0.417. The summed E-state index contributed by atoms with van der Waals surface area (Å²) in [6, 6.07) is 2.09. The predicted octanol–water partition coefficient (Wildman–Crippen LogP) is 2.72. The summed E-state index contributed by atoms with van der Waals surface area (Å²) >= 11 is 2.97. The maximum absolute atomic E-state index is 13.3. The number of hydrogen-bond acceptors (Lipinski definition) is 4. The van der Waals surface area contributed by atoms with Gasteiger partial charge in [-0.2, -0.15) is 0 Å². The van der Waals surface area contributed by atoms with Crippen LogP contribution in [0.1, 0.15) is 6.92 Å². The summed E-state index contributed by atoms with van der Waals surface area (Å²) in [6.45, 7) is 2.34. The Morgan fingerprint density at radius 3 is 2.79 bits per heavy atom. The third-order valence-corrected chi connectivity index (χ3v) is 2.70. The molecule has 0 radical (unpaired) electrons. The fourth-order valence-corrected chi connectivity index (χ4v) is 1.62. The third-order valence-electron chi connectivity index (χ3n) is 2.10. The smallest absolute Gasteiger partial charge is 0.332 e. The second kappa shape index (κ2) is 8.06. The summed E-state index contributed by atoms with van der Waals surface area (Å²) in [5.41, 5.74) is 0.160. The Labute approximate surface area is 118 Å². The zero-order valence-electron chi connectivity index (χ0n) is 10.3. The van der Waals surface area contributed by atoms with Crippen LogP contribution in [0.2, 0.25) is 0 Å². The summed E-state index contributed by atoms with van der Waals surface area (Å²) in [5.74, 6) is -1.80. The average molecular weight is 338 g/mol. The fourth-order valence-electron chi connectivity index (χ4n) is 1.27. The van der Waals surface area contributed by atoms with Crippen LogP contribution in [0, 0.1) is 11.6 Å². The first-order chi connectivity index (χ1) is 9.04. The van der Waals surface area contributed by atoms with E-state index in [1.165, 1.54) is 6.07 Å². The second-order valence-electron chi connectivity index (χ2n) is 3.53. The van der Waals surface area contributed by atoms with E-state index >= 15 is 0 Å². The van der Waals surface area contributed by atoms with Crippen molar-refractivity contribution in [2.45, 2.75) is 6.92 Å². The van der Waals surface area contributed by atoms with Crippen LogP contribution in [-0.2, 0) is 14.3 Å². The number of hydrogen-bond donors (Lipinski definition) is 1. The Balaban J connectivity index is 2.30. The molecule has 1 aromatic carbocycles. The lowest BCUT2D eigenvalue weighted by atomic mass is 10.3. The molecule has 1 aromatic rings. The lowest BCUT2D eigenvalue weighted by molar-refractivity contribution is -0.148. The van der Waals surface area contributed by atoms with E-state index in [0.717, 1.165) is 6.07 Å². The van der Waals surface area contributed by atoms with Crippen LogP contribution in [-0.4, -0.2) is 32.3 Å². The SMILES string of the molecule is CCOC(=O)COCCNc1cc(Br)c(F)cc1F. The molecule has 1 N–H and O–H groups in total. The number of carbonyl (C=O) groups is 1. The van der Waals surface area contributed by atoms with E-state index in [2.05, 4.69) is 26.0 Å². The lowest BCUT2D eigenvalue weighted by Gasteiger charge is -2.09. The Morgan fingerprint density at radius 1 is 1.37 bits per heavy atom. The minimum atomic E-state index is -0.689. The molecule has 0 atom stereocenters. The summed E-state index contributed by atoms with van der Waals surface area (Å²) in [7, 11) is 0. The quantitative estimate of drug-likeness (QED) is 0.472. The van der Waals surface area contributed by atoms with Gasteiger partial charge in [-0.25, -0.2) is 13.6 Å². The number of rotatable bonds is 7. The van der Waals surface area contributed by atoms with E-state index in [0.29, 0.717) is 6.61 Å². The van der Waals surface area contributed by atoms with Crippen molar-refractivity contribution in [3.05, 3.63) is 28.2 Å². The number of benzene rings is 1. The third kappa shape index (κ3) is 5.52. The summed E-state index contributed by atoms with van der Waals surface area (Å²) in [5, 5.41) is 2.74. The van der Waals surface area contributed by atoms with E-state index in [4.69, 9.17) is 4.74 Å². The van der Waals surface area contributed by atoms with Gasteiger partial charge in [-0.1, -0.05) is 0 Å². The van der Waals surface area contributed by atoms with Gasteiger partial charge < -0.3 is 14.8 Å². The van der Waals surface area contributed by atoms with Gasteiger partial charge in [-0.05, 0) is 28.9 Å². The van der Waals surface area contributed by atoms with Crippen LogP contribution >= 0.6 is 15.9 Å². The molecule has 1 rings (SSSR count). The minimum Gasteiger partial charge on any atom is -0.464 e. The van der Waals surface area contributed by atoms with Crippen molar-refractivity contribution in [3.63, 3.8) is 0 Å². The van der Waals surface area contributed by atoms with Crippen molar-refractivity contribution in [1.29, 1.82) is 0 Å². The first kappa shape index (κ1) is 15.8. The zero-order chi connectivity index (χ0) is 14.3. The highest BCUT2D eigenvalue weighted by Crippen LogP contribution is 2.23. The van der Waals surface area contributed by atoms with Crippen molar-refractivity contribution >= 4 is 27.6 Å². The molecule has 0 saturated carbocycles. The van der Waals surface area contributed by atoms with Crippen LogP contribution in [0.4, 0.5) is 14.5 Å². The standard InChI is InChI=1S/C12H14BrF2NO3/c1-2-19-12(17)7-18-4-3-16-11-5-8(13)9(14)6-10(11)15/h5-6,16H,2-4,7H2,1H3. The molecule has 7 heteroatoms. The Kier molecular flexibility index (Phi) is 6.72. The monoisotopic (exact) mass is 337 g/mol. The molecule has 4 nitrogen and oxygen atoms in total. The van der Waals surface area contributed by atoms with E-state index < -0.39 is 17.6 Å². The van der Waals surface area contributed by atoms with Gasteiger partial charge in [0.05, 0.1) is 23.4 Å². The maximum atomic E-state index is 13.3. The Morgan fingerprint density at radius 2 is 2.11 bits per heavy atom. The molecule has 0 bridgehead atoms. The van der Waals surface area contributed by atoms with Crippen molar-refractivity contribution in [2.75, 3.05) is 31.7 Å². The van der Waals surface area contributed by atoms with Crippen LogP contribution in [0.5, 0.6) is 0 Å². The molecule has 19 heavy (non-hydrogen) atoms. The van der Waals surface area contributed by atoms with Gasteiger partial charge in [-0.3, -0.25) is 0 Å². The van der Waals surface area contributed by atoms with E-state index in [9.17, 15) is 13.6 Å². The topological polar surface area (TPSA) is 47.6 Å². The molecule has 0 amide bonds. The lowest BCUT2D eigenvalue weighted by Crippen LogP contribution is -2.17. The summed E-state index contributed by atoms with van der Waals surface area (Å²) < 4.78 is 36.2. The first-order valence-corrected chi connectivity index (χ1v) is 6.45. The van der Waals surface area contributed by atoms with Gasteiger partial charge in [0.2, 0.25) is 0 Å². The normalized spacial score (nSPS) is 10.3. The molecular formula is C12H14BrF2NO3. The van der Waals surface area contributed by atoms with Crippen LogP contribution in [0.3, 0.4) is 0 Å². The maximum Gasteiger partial charge on any atom is 0.332 e. The van der Waals surface area contributed by atoms with E-state index in [-0.39, 0.29) is 29.9 Å². The highest BCUT2D eigenvalue weighted by molar-refractivity contribution is 9.10. The van der Waals surface area contributed by atoms with Gasteiger partial charge in [-0.15, -0.1) is 0 Å². The van der Waals surface area contributed by atoms with Gasteiger partial charge in [0.25, 0.3) is 0 Å². The van der Waals surface area contributed by atoms with Gasteiger partial charge in [0.1, 0.15) is 18.2 Å². The highest BCUT2D eigenvalue weighted by Gasteiger charge is 2.07. The van der Waals surface area contributed by atoms with Crippen LogP contribution < -0.4 is 5.32 Å². The molecule has 106 valence electrons. The number of carbonyl (C=O) groups excluding carboxylic acids is 1. The molecule has 0 heterocycles. The van der Waals surface area contributed by atoms with Gasteiger partial charge in [0, 0.05) is 12.6 Å². The number of nitrogens with one attached hydrogen (secondary N) is 1. The van der Waals surface area contributed by atoms with E-state index in [1.807, 2.05) is 0 Å². The largest absolute Gasteiger partial charge is 0.464 e. The van der Waals surface area contributed by atoms with Gasteiger partial charge >= 0.3 is 5.97 Å². The molecule has 0 aromatic heterocycles. The molecule has 0 saturated heterocycles. The molecule has 0 fully saturated rings.